The molecule has 1 aliphatic heterocycles. The molecule has 1 rings (SSSR count). The zero-order chi connectivity index (χ0) is 12.9. The molecule has 0 bridgehead atoms. The van der Waals surface area contributed by atoms with Crippen LogP contribution in [0.1, 0.15) is 32.6 Å². The summed E-state index contributed by atoms with van der Waals surface area (Å²) in [5.41, 5.74) is 5.53. The molecule has 0 aliphatic carbocycles. The van der Waals surface area contributed by atoms with Crippen LogP contribution in [0.5, 0.6) is 0 Å². The Balaban J connectivity index is 2.64. The number of hydrogen-bond acceptors (Lipinski definition) is 3. The summed E-state index contributed by atoms with van der Waals surface area (Å²) in [5, 5.41) is 0. The first-order chi connectivity index (χ1) is 7.98. The van der Waals surface area contributed by atoms with Crippen molar-refractivity contribution >= 4 is 10.2 Å². The normalized spacial score (nSPS) is 21.4. The largest absolute Gasteiger partial charge is 0.330 e. The van der Waals surface area contributed by atoms with Crippen molar-refractivity contribution in [2.45, 2.75) is 32.6 Å². The summed E-state index contributed by atoms with van der Waals surface area (Å²) in [6.07, 6.45) is 4.21. The Kier molecular flexibility index (Phi) is 5.85. The van der Waals surface area contributed by atoms with Crippen LogP contribution in [-0.4, -0.2) is 50.3 Å². The average molecular weight is 263 g/mol. The standard InChI is InChI=1S/C11H25N3O2S/c1-11(9-12)10-13(2)17(15,16)14-7-5-3-4-6-8-14/h11H,3-10,12H2,1-2H3. The fourth-order valence-corrected chi connectivity index (χ4v) is 3.63. The van der Waals surface area contributed by atoms with Crippen molar-refractivity contribution in [3.05, 3.63) is 0 Å². The summed E-state index contributed by atoms with van der Waals surface area (Å²) in [4.78, 5) is 0. The molecule has 102 valence electrons. The smallest absolute Gasteiger partial charge is 0.281 e. The molecule has 1 fully saturated rings. The van der Waals surface area contributed by atoms with E-state index in [9.17, 15) is 8.42 Å². The molecule has 0 saturated carbocycles. The highest BCUT2D eigenvalue weighted by atomic mass is 32.2. The first kappa shape index (κ1) is 14.9. The summed E-state index contributed by atoms with van der Waals surface area (Å²) in [6, 6.07) is 0. The van der Waals surface area contributed by atoms with Crippen molar-refractivity contribution in [3.8, 4) is 0 Å². The maximum absolute atomic E-state index is 12.3. The lowest BCUT2D eigenvalue weighted by atomic mass is 10.2. The van der Waals surface area contributed by atoms with Gasteiger partial charge < -0.3 is 5.73 Å². The highest BCUT2D eigenvalue weighted by Crippen LogP contribution is 2.16. The SMILES string of the molecule is CC(CN)CN(C)S(=O)(=O)N1CCCCCC1. The summed E-state index contributed by atoms with van der Waals surface area (Å²) < 4.78 is 27.7. The molecule has 1 heterocycles. The van der Waals surface area contributed by atoms with Crippen molar-refractivity contribution < 1.29 is 8.42 Å². The van der Waals surface area contributed by atoms with E-state index in [2.05, 4.69) is 0 Å². The zero-order valence-electron chi connectivity index (χ0n) is 10.9. The molecule has 0 aromatic heterocycles. The molecule has 17 heavy (non-hydrogen) atoms. The molecule has 2 N–H and O–H groups in total. The predicted octanol–water partition coefficient (Wildman–Crippen LogP) is 0.634. The van der Waals surface area contributed by atoms with Crippen molar-refractivity contribution in [2.75, 3.05) is 33.2 Å². The van der Waals surface area contributed by atoms with E-state index in [1.165, 1.54) is 4.31 Å². The van der Waals surface area contributed by atoms with Crippen LogP contribution < -0.4 is 5.73 Å². The molecule has 6 heteroatoms. The van der Waals surface area contributed by atoms with Crippen molar-refractivity contribution in [2.24, 2.45) is 11.7 Å². The van der Waals surface area contributed by atoms with Gasteiger partial charge in [-0.1, -0.05) is 19.8 Å². The van der Waals surface area contributed by atoms with Crippen molar-refractivity contribution in [1.82, 2.24) is 8.61 Å². The fraction of sp³-hybridized carbons (Fsp3) is 1.00. The van der Waals surface area contributed by atoms with E-state index in [4.69, 9.17) is 5.73 Å². The number of nitrogens with zero attached hydrogens (tertiary/aromatic N) is 2. The van der Waals surface area contributed by atoms with Crippen molar-refractivity contribution in [3.63, 3.8) is 0 Å². The highest BCUT2D eigenvalue weighted by Gasteiger charge is 2.27. The first-order valence-electron chi connectivity index (χ1n) is 6.40. The Bertz CT molecular complexity index is 311. The zero-order valence-corrected chi connectivity index (χ0v) is 11.7. The second-order valence-electron chi connectivity index (χ2n) is 4.94. The van der Waals surface area contributed by atoms with Gasteiger partial charge in [0.25, 0.3) is 10.2 Å². The summed E-state index contributed by atoms with van der Waals surface area (Å²) in [7, 11) is -1.63. The van der Waals surface area contributed by atoms with Gasteiger partial charge in [0.2, 0.25) is 0 Å². The molecule has 0 aromatic carbocycles. The monoisotopic (exact) mass is 263 g/mol. The number of rotatable bonds is 5. The fourth-order valence-electron chi connectivity index (χ4n) is 2.08. The van der Waals surface area contributed by atoms with Crippen LogP contribution in [0.15, 0.2) is 0 Å². The van der Waals surface area contributed by atoms with Gasteiger partial charge in [0.15, 0.2) is 0 Å². The van der Waals surface area contributed by atoms with E-state index in [0.29, 0.717) is 26.2 Å². The lowest BCUT2D eigenvalue weighted by Crippen LogP contribution is -2.44. The quantitative estimate of drug-likeness (QED) is 0.791. The molecular weight excluding hydrogens is 238 g/mol. The Labute approximate surface area is 105 Å². The summed E-state index contributed by atoms with van der Waals surface area (Å²) in [5.74, 6) is 0.196. The second-order valence-corrected chi connectivity index (χ2v) is 6.98. The predicted molar refractivity (Wildman–Crippen MR) is 69.8 cm³/mol. The Morgan fingerprint density at radius 1 is 1.24 bits per heavy atom. The van der Waals surface area contributed by atoms with Crippen LogP contribution in [0.4, 0.5) is 0 Å². The minimum atomic E-state index is -3.28. The Hall–Kier alpha value is -0.170. The van der Waals surface area contributed by atoms with Crippen LogP contribution >= 0.6 is 0 Å². The van der Waals surface area contributed by atoms with E-state index in [1.54, 1.807) is 11.4 Å². The molecule has 0 amide bonds. The minimum Gasteiger partial charge on any atom is -0.330 e. The maximum atomic E-state index is 12.3. The number of hydrogen-bond donors (Lipinski definition) is 1. The lowest BCUT2D eigenvalue weighted by molar-refractivity contribution is 0.343. The third kappa shape index (κ3) is 4.21. The van der Waals surface area contributed by atoms with Gasteiger partial charge in [-0.15, -0.1) is 0 Å². The minimum absolute atomic E-state index is 0.196. The Morgan fingerprint density at radius 3 is 2.24 bits per heavy atom. The molecule has 0 aromatic rings. The van der Waals surface area contributed by atoms with E-state index in [1.807, 2.05) is 6.92 Å². The molecule has 0 spiro atoms. The Morgan fingerprint density at radius 2 is 1.76 bits per heavy atom. The van der Waals surface area contributed by atoms with E-state index < -0.39 is 10.2 Å². The van der Waals surface area contributed by atoms with E-state index >= 15 is 0 Å². The highest BCUT2D eigenvalue weighted by molar-refractivity contribution is 7.86. The topological polar surface area (TPSA) is 66.6 Å². The molecule has 0 radical (unpaired) electrons. The van der Waals surface area contributed by atoms with Gasteiger partial charge in [-0.25, -0.2) is 0 Å². The van der Waals surface area contributed by atoms with E-state index in [-0.39, 0.29) is 5.92 Å². The third-order valence-corrected chi connectivity index (χ3v) is 5.21. The second kappa shape index (κ2) is 6.68. The molecule has 1 unspecified atom stereocenters. The average Bonchev–Trinajstić information content (AvgIpc) is 2.57. The first-order valence-corrected chi connectivity index (χ1v) is 7.79. The van der Waals surface area contributed by atoms with Gasteiger partial charge in [-0.3, -0.25) is 0 Å². The van der Waals surface area contributed by atoms with E-state index in [0.717, 1.165) is 25.7 Å². The van der Waals surface area contributed by atoms with Crippen LogP contribution in [0, 0.1) is 5.92 Å². The van der Waals surface area contributed by atoms with Gasteiger partial charge in [-0.2, -0.15) is 17.0 Å². The van der Waals surface area contributed by atoms with Gasteiger partial charge >= 0.3 is 0 Å². The van der Waals surface area contributed by atoms with Crippen molar-refractivity contribution in [1.29, 1.82) is 0 Å². The van der Waals surface area contributed by atoms with Crippen LogP contribution in [-0.2, 0) is 10.2 Å². The number of nitrogens with two attached hydrogens (primary N) is 1. The van der Waals surface area contributed by atoms with Crippen LogP contribution in [0.2, 0.25) is 0 Å². The molecule has 5 nitrogen and oxygen atoms in total. The molecule has 1 aliphatic rings. The van der Waals surface area contributed by atoms with Gasteiger partial charge in [-0.05, 0) is 25.3 Å². The van der Waals surface area contributed by atoms with Gasteiger partial charge in [0.1, 0.15) is 0 Å². The summed E-state index contributed by atoms with van der Waals surface area (Å²) in [6.45, 7) is 4.29. The van der Waals surface area contributed by atoms with Crippen LogP contribution in [0.25, 0.3) is 0 Å². The lowest BCUT2D eigenvalue weighted by Gasteiger charge is -2.27. The van der Waals surface area contributed by atoms with Gasteiger partial charge in [0, 0.05) is 26.7 Å². The van der Waals surface area contributed by atoms with Gasteiger partial charge in [0.05, 0.1) is 0 Å². The molecule has 1 atom stereocenters. The third-order valence-electron chi connectivity index (χ3n) is 3.26. The molecule has 1 saturated heterocycles. The maximum Gasteiger partial charge on any atom is 0.281 e. The molecular formula is C11H25N3O2S. The van der Waals surface area contributed by atoms with Crippen LogP contribution in [0.3, 0.4) is 0 Å². The summed E-state index contributed by atoms with van der Waals surface area (Å²) >= 11 is 0.